The number of amides is 2. The Morgan fingerprint density at radius 2 is 1.96 bits per heavy atom. The molecule has 2 aliphatic rings. The number of nitrogens with one attached hydrogen (secondary N) is 2. The lowest BCUT2D eigenvalue weighted by Crippen LogP contribution is -2.29. The van der Waals surface area contributed by atoms with Gasteiger partial charge in [0.1, 0.15) is 11.5 Å². The van der Waals surface area contributed by atoms with Crippen molar-refractivity contribution in [3.05, 3.63) is 35.4 Å². The van der Waals surface area contributed by atoms with Gasteiger partial charge in [-0.25, -0.2) is 4.98 Å². The maximum Gasteiger partial charge on any atom is 0.287 e. The molecule has 2 aromatic rings. The van der Waals surface area contributed by atoms with Crippen molar-refractivity contribution in [2.45, 2.75) is 44.7 Å². The second-order valence-corrected chi connectivity index (χ2v) is 7.11. The van der Waals surface area contributed by atoms with E-state index in [1.165, 1.54) is 7.11 Å². The molecule has 2 heterocycles. The molecule has 0 radical (unpaired) electrons. The highest BCUT2D eigenvalue weighted by molar-refractivity contribution is 6.05. The summed E-state index contributed by atoms with van der Waals surface area (Å²) in [5.74, 6) is 0.886. The zero-order valence-corrected chi connectivity index (χ0v) is 16.1. The van der Waals surface area contributed by atoms with Crippen LogP contribution >= 0.6 is 0 Å². The van der Waals surface area contributed by atoms with Crippen molar-refractivity contribution in [2.24, 2.45) is 0 Å². The zero-order valence-electron chi connectivity index (χ0n) is 16.1. The molecular weight excluding hydrogens is 360 g/mol. The quantitative estimate of drug-likeness (QED) is 0.797. The number of fused-ring (bicyclic) bond motifs is 1. The second kappa shape index (κ2) is 7.53. The van der Waals surface area contributed by atoms with Crippen LogP contribution in [0, 0.1) is 0 Å². The Bertz CT molecular complexity index is 917. The number of methoxy groups -OCH3 is 2. The van der Waals surface area contributed by atoms with Gasteiger partial charge in [0, 0.05) is 18.7 Å². The van der Waals surface area contributed by atoms with E-state index < -0.39 is 0 Å². The molecule has 0 bridgehead atoms. The Morgan fingerprint density at radius 1 is 1.14 bits per heavy atom. The van der Waals surface area contributed by atoms with Crippen molar-refractivity contribution >= 4 is 17.5 Å². The summed E-state index contributed by atoms with van der Waals surface area (Å²) in [5.41, 5.74) is 1.60. The Kier molecular flexibility index (Phi) is 4.93. The van der Waals surface area contributed by atoms with Crippen molar-refractivity contribution in [1.29, 1.82) is 0 Å². The number of hydrogen-bond donors (Lipinski definition) is 2. The molecule has 4 rings (SSSR count). The summed E-state index contributed by atoms with van der Waals surface area (Å²) >= 11 is 0. The average Bonchev–Trinajstić information content (AvgIpc) is 3.44. The molecule has 1 aromatic heterocycles. The lowest BCUT2D eigenvalue weighted by molar-refractivity contribution is 0.0935. The predicted octanol–water partition coefficient (Wildman–Crippen LogP) is 2.38. The van der Waals surface area contributed by atoms with Gasteiger partial charge in [-0.2, -0.15) is 0 Å². The summed E-state index contributed by atoms with van der Waals surface area (Å²) in [6.45, 7) is 0.700. The Morgan fingerprint density at radius 3 is 2.68 bits per heavy atom. The minimum atomic E-state index is -0.359. The van der Waals surface area contributed by atoms with Gasteiger partial charge in [-0.15, -0.1) is 0 Å². The van der Waals surface area contributed by atoms with Crippen LogP contribution < -0.4 is 20.1 Å². The number of aromatic nitrogens is 2. The topological polar surface area (TPSA) is 94.5 Å². The molecule has 1 aromatic carbocycles. The Hall–Kier alpha value is -3.03. The summed E-state index contributed by atoms with van der Waals surface area (Å²) in [4.78, 5) is 30.0. The first-order valence-electron chi connectivity index (χ1n) is 9.54. The highest BCUT2D eigenvalue weighted by Gasteiger charge is 2.31. The van der Waals surface area contributed by atoms with Crippen LogP contribution in [0.15, 0.2) is 18.2 Å². The fourth-order valence-electron chi connectivity index (χ4n) is 3.47. The van der Waals surface area contributed by atoms with Gasteiger partial charge in [-0.05, 0) is 44.2 Å². The van der Waals surface area contributed by atoms with E-state index in [-0.39, 0.29) is 17.9 Å². The molecule has 0 atom stereocenters. The Labute approximate surface area is 163 Å². The van der Waals surface area contributed by atoms with Crippen LogP contribution in [-0.2, 0) is 13.0 Å². The third-order valence-corrected chi connectivity index (χ3v) is 5.10. The molecule has 0 saturated heterocycles. The number of imidazole rings is 1. The molecule has 148 valence electrons. The molecule has 8 nitrogen and oxygen atoms in total. The number of anilines is 1. The van der Waals surface area contributed by atoms with Crippen LogP contribution in [0.4, 0.5) is 5.69 Å². The summed E-state index contributed by atoms with van der Waals surface area (Å²) in [5, 5.41) is 5.82. The van der Waals surface area contributed by atoms with E-state index in [9.17, 15) is 9.59 Å². The molecule has 1 saturated carbocycles. The molecule has 0 spiro atoms. The number of benzene rings is 1. The molecule has 1 aliphatic carbocycles. The number of hydrogen-bond acceptors (Lipinski definition) is 5. The van der Waals surface area contributed by atoms with Gasteiger partial charge in [0.15, 0.2) is 11.5 Å². The molecule has 0 unspecified atom stereocenters. The van der Waals surface area contributed by atoms with Gasteiger partial charge in [-0.3, -0.25) is 9.59 Å². The largest absolute Gasteiger partial charge is 0.497 e. The first-order chi connectivity index (χ1) is 13.6. The predicted molar refractivity (Wildman–Crippen MR) is 103 cm³/mol. The molecule has 8 heteroatoms. The lowest BCUT2D eigenvalue weighted by Gasteiger charge is -2.17. The average molecular weight is 384 g/mol. The highest BCUT2D eigenvalue weighted by Crippen LogP contribution is 2.30. The summed E-state index contributed by atoms with van der Waals surface area (Å²) in [6.07, 6.45) is 4.67. The van der Waals surface area contributed by atoms with E-state index in [0.717, 1.165) is 37.8 Å². The van der Waals surface area contributed by atoms with Crippen LogP contribution in [0.1, 0.15) is 52.5 Å². The number of ether oxygens (including phenoxy) is 2. The minimum Gasteiger partial charge on any atom is -0.497 e. The molecule has 2 amide bonds. The maximum atomic E-state index is 13.0. The molecule has 1 aliphatic heterocycles. The number of carbonyl (C=O) groups excluding carboxylic acids is 2. The number of rotatable bonds is 6. The van der Waals surface area contributed by atoms with E-state index in [4.69, 9.17) is 9.47 Å². The van der Waals surface area contributed by atoms with Gasteiger partial charge in [-0.1, -0.05) is 0 Å². The van der Waals surface area contributed by atoms with Crippen LogP contribution in [0.2, 0.25) is 0 Å². The van der Waals surface area contributed by atoms with Crippen LogP contribution in [0.5, 0.6) is 11.5 Å². The van der Waals surface area contributed by atoms with Crippen molar-refractivity contribution in [2.75, 3.05) is 19.5 Å². The van der Waals surface area contributed by atoms with Crippen LogP contribution in [0.25, 0.3) is 0 Å². The fraction of sp³-hybridized carbons (Fsp3) is 0.450. The fourth-order valence-corrected chi connectivity index (χ4v) is 3.47. The zero-order chi connectivity index (χ0) is 19.7. The van der Waals surface area contributed by atoms with Crippen molar-refractivity contribution in [3.8, 4) is 11.5 Å². The standard InChI is InChI=1S/C20H24N4O4/c1-27-13-8-9-16(28-2)14(11-13)22-19(25)17-15-5-3-4-10-24(15)18(23-17)20(26)21-12-6-7-12/h8-9,11-12H,3-7,10H2,1-2H3,(H,21,26)(H,22,25). The minimum absolute atomic E-state index is 0.205. The third-order valence-electron chi connectivity index (χ3n) is 5.10. The maximum absolute atomic E-state index is 13.0. The van der Waals surface area contributed by atoms with Gasteiger partial charge in [0.25, 0.3) is 11.8 Å². The molecular formula is C20H24N4O4. The van der Waals surface area contributed by atoms with E-state index in [2.05, 4.69) is 15.6 Å². The normalized spacial score (nSPS) is 15.5. The van der Waals surface area contributed by atoms with Crippen molar-refractivity contribution in [3.63, 3.8) is 0 Å². The monoisotopic (exact) mass is 384 g/mol. The summed E-state index contributed by atoms with van der Waals surface area (Å²) in [6, 6.07) is 5.42. The van der Waals surface area contributed by atoms with Crippen LogP contribution in [0.3, 0.4) is 0 Å². The van der Waals surface area contributed by atoms with Crippen molar-refractivity contribution in [1.82, 2.24) is 14.9 Å². The van der Waals surface area contributed by atoms with E-state index >= 15 is 0 Å². The summed E-state index contributed by atoms with van der Waals surface area (Å²) < 4.78 is 12.4. The SMILES string of the molecule is COc1ccc(OC)c(NC(=O)c2nc(C(=O)NC3CC3)n3c2CCCC3)c1. The summed E-state index contributed by atoms with van der Waals surface area (Å²) in [7, 11) is 3.10. The highest BCUT2D eigenvalue weighted by atomic mass is 16.5. The number of nitrogens with zero attached hydrogens (tertiary/aromatic N) is 2. The lowest BCUT2D eigenvalue weighted by atomic mass is 10.1. The second-order valence-electron chi connectivity index (χ2n) is 7.11. The van der Waals surface area contributed by atoms with Gasteiger partial charge < -0.3 is 24.7 Å². The first-order valence-corrected chi connectivity index (χ1v) is 9.54. The molecule has 1 fully saturated rings. The van der Waals surface area contributed by atoms with Crippen LogP contribution in [-0.4, -0.2) is 41.6 Å². The molecule has 2 N–H and O–H groups in total. The van der Waals surface area contributed by atoms with E-state index in [1.54, 1.807) is 25.3 Å². The van der Waals surface area contributed by atoms with E-state index in [0.29, 0.717) is 35.2 Å². The first kappa shape index (κ1) is 18.3. The van der Waals surface area contributed by atoms with Gasteiger partial charge in [0.2, 0.25) is 0 Å². The third kappa shape index (κ3) is 3.54. The smallest absolute Gasteiger partial charge is 0.287 e. The van der Waals surface area contributed by atoms with Gasteiger partial charge in [0.05, 0.1) is 25.6 Å². The van der Waals surface area contributed by atoms with Gasteiger partial charge >= 0.3 is 0 Å². The van der Waals surface area contributed by atoms with Crippen molar-refractivity contribution < 1.29 is 19.1 Å². The number of carbonyl (C=O) groups is 2. The molecule has 28 heavy (non-hydrogen) atoms. The Balaban J connectivity index is 1.64. The van der Waals surface area contributed by atoms with E-state index in [1.807, 2.05) is 4.57 Å².